The van der Waals surface area contributed by atoms with E-state index in [-0.39, 0.29) is 0 Å². The molecule has 0 bridgehead atoms. The molecule has 0 aromatic heterocycles. The number of phenolic OH excluding ortho intramolecular Hbond substituents is 1. The average molecular weight is 320 g/mol. The predicted molar refractivity (Wildman–Crippen MR) is 82.6 cm³/mol. The second-order valence-electron chi connectivity index (χ2n) is 5.39. The number of aromatic hydroxyl groups is 1. The molecule has 0 saturated carbocycles. The van der Waals surface area contributed by atoms with Gasteiger partial charge in [-0.15, -0.1) is 0 Å². The molecule has 1 heterocycles. The lowest BCUT2D eigenvalue weighted by atomic mass is 9.91. The zero-order valence-electron chi connectivity index (χ0n) is 10.8. The maximum atomic E-state index is 10.2. The van der Waals surface area contributed by atoms with E-state index in [0.29, 0.717) is 11.7 Å². The molecular formula is C16H18BrNO. The number of piperidine rings is 1. The van der Waals surface area contributed by atoms with Crippen molar-refractivity contribution in [3.63, 3.8) is 0 Å². The van der Waals surface area contributed by atoms with Gasteiger partial charge in [-0.3, -0.25) is 0 Å². The number of halogens is 1. The molecule has 2 aromatic rings. The number of phenols is 1. The van der Waals surface area contributed by atoms with E-state index < -0.39 is 0 Å². The van der Waals surface area contributed by atoms with Crippen LogP contribution in [-0.4, -0.2) is 18.2 Å². The van der Waals surface area contributed by atoms with Crippen LogP contribution in [0.15, 0.2) is 34.8 Å². The van der Waals surface area contributed by atoms with Crippen molar-refractivity contribution in [1.29, 1.82) is 0 Å². The molecule has 0 spiro atoms. The second-order valence-corrected chi connectivity index (χ2v) is 6.30. The Morgan fingerprint density at radius 2 is 2.11 bits per heavy atom. The summed E-state index contributed by atoms with van der Waals surface area (Å²) < 4.78 is 1.08. The minimum atomic E-state index is 0.431. The summed E-state index contributed by atoms with van der Waals surface area (Å²) in [5.41, 5.74) is 1.07. The van der Waals surface area contributed by atoms with Crippen LogP contribution in [0.2, 0.25) is 0 Å². The van der Waals surface area contributed by atoms with E-state index >= 15 is 0 Å². The van der Waals surface area contributed by atoms with Crippen LogP contribution < -0.4 is 5.32 Å². The van der Waals surface area contributed by atoms with Gasteiger partial charge in [-0.2, -0.15) is 0 Å². The van der Waals surface area contributed by atoms with E-state index in [1.54, 1.807) is 0 Å². The van der Waals surface area contributed by atoms with Crippen LogP contribution in [0, 0.1) is 5.92 Å². The van der Waals surface area contributed by atoms with Crippen LogP contribution in [-0.2, 0) is 6.42 Å². The first-order valence-electron chi connectivity index (χ1n) is 6.84. The number of hydrogen-bond donors (Lipinski definition) is 2. The summed E-state index contributed by atoms with van der Waals surface area (Å²) in [7, 11) is 0. The number of benzene rings is 2. The minimum Gasteiger partial charge on any atom is -0.508 e. The third kappa shape index (κ3) is 2.93. The molecule has 3 rings (SSSR count). The van der Waals surface area contributed by atoms with E-state index in [1.807, 2.05) is 18.2 Å². The number of nitrogens with one attached hydrogen (secondary N) is 1. The topological polar surface area (TPSA) is 32.3 Å². The molecule has 100 valence electrons. The fourth-order valence-electron chi connectivity index (χ4n) is 2.88. The largest absolute Gasteiger partial charge is 0.508 e. The van der Waals surface area contributed by atoms with E-state index in [0.717, 1.165) is 34.9 Å². The van der Waals surface area contributed by atoms with E-state index in [1.165, 1.54) is 18.2 Å². The zero-order chi connectivity index (χ0) is 13.2. The maximum Gasteiger partial charge on any atom is 0.119 e. The van der Waals surface area contributed by atoms with Crippen molar-refractivity contribution < 1.29 is 5.11 Å². The lowest BCUT2D eigenvalue weighted by molar-refractivity contribution is 0.370. The highest BCUT2D eigenvalue weighted by atomic mass is 79.9. The molecule has 0 radical (unpaired) electrons. The van der Waals surface area contributed by atoms with E-state index in [2.05, 4.69) is 33.4 Å². The van der Waals surface area contributed by atoms with Gasteiger partial charge in [0.2, 0.25) is 0 Å². The fourth-order valence-corrected chi connectivity index (χ4v) is 3.26. The van der Waals surface area contributed by atoms with Gasteiger partial charge in [0.15, 0.2) is 0 Å². The van der Waals surface area contributed by atoms with Crippen LogP contribution >= 0.6 is 15.9 Å². The summed E-state index contributed by atoms with van der Waals surface area (Å²) in [6, 6.07) is 10.2. The molecule has 1 aliphatic heterocycles. The fraction of sp³-hybridized carbons (Fsp3) is 0.375. The molecule has 3 heteroatoms. The summed E-state index contributed by atoms with van der Waals surface area (Å²) in [5, 5.41) is 15.9. The molecule has 1 unspecified atom stereocenters. The van der Waals surface area contributed by atoms with Gasteiger partial charge >= 0.3 is 0 Å². The Balaban J connectivity index is 1.91. The Hall–Kier alpha value is -1.06. The van der Waals surface area contributed by atoms with Gasteiger partial charge in [0.05, 0.1) is 0 Å². The molecule has 1 aliphatic rings. The van der Waals surface area contributed by atoms with Gasteiger partial charge in [0, 0.05) is 4.47 Å². The van der Waals surface area contributed by atoms with Crippen molar-refractivity contribution >= 4 is 26.7 Å². The molecule has 1 atom stereocenters. The third-order valence-electron chi connectivity index (χ3n) is 3.91. The third-order valence-corrected chi connectivity index (χ3v) is 4.40. The van der Waals surface area contributed by atoms with Crippen LogP contribution in [0.1, 0.15) is 18.4 Å². The summed E-state index contributed by atoms with van der Waals surface area (Å²) in [4.78, 5) is 0. The molecule has 2 nitrogen and oxygen atoms in total. The predicted octanol–water partition coefficient (Wildman–Crippen LogP) is 3.85. The lowest BCUT2D eigenvalue weighted by Gasteiger charge is -2.23. The average Bonchev–Trinajstić information content (AvgIpc) is 2.41. The van der Waals surface area contributed by atoms with Gasteiger partial charge in [-0.1, -0.05) is 22.0 Å². The van der Waals surface area contributed by atoms with Crippen molar-refractivity contribution in [3.8, 4) is 5.75 Å². The van der Waals surface area contributed by atoms with Crippen LogP contribution in [0.25, 0.3) is 10.8 Å². The molecule has 2 aromatic carbocycles. The van der Waals surface area contributed by atoms with Gasteiger partial charge in [-0.05, 0) is 78.9 Å². The number of rotatable bonds is 2. The molecule has 19 heavy (non-hydrogen) atoms. The van der Waals surface area contributed by atoms with Crippen molar-refractivity contribution in [3.05, 3.63) is 40.4 Å². The van der Waals surface area contributed by atoms with Crippen LogP contribution in [0.5, 0.6) is 5.75 Å². The van der Waals surface area contributed by atoms with Crippen LogP contribution in [0.4, 0.5) is 0 Å². The van der Waals surface area contributed by atoms with Crippen molar-refractivity contribution in [2.24, 2.45) is 5.92 Å². The number of hydrogen-bond acceptors (Lipinski definition) is 2. The van der Waals surface area contributed by atoms with Gasteiger partial charge in [0.1, 0.15) is 5.75 Å². The molecular weight excluding hydrogens is 302 g/mol. The Kier molecular flexibility index (Phi) is 3.76. The lowest BCUT2D eigenvalue weighted by Crippen LogP contribution is -2.30. The first-order chi connectivity index (χ1) is 9.22. The molecule has 1 saturated heterocycles. The van der Waals surface area contributed by atoms with Gasteiger partial charge in [0.25, 0.3) is 0 Å². The van der Waals surface area contributed by atoms with Crippen molar-refractivity contribution in [2.45, 2.75) is 19.3 Å². The van der Waals surface area contributed by atoms with Gasteiger partial charge < -0.3 is 10.4 Å². The SMILES string of the molecule is Oc1cc2ccc(Br)cc2cc1CC1CCCNC1. The highest BCUT2D eigenvalue weighted by molar-refractivity contribution is 9.10. The van der Waals surface area contributed by atoms with E-state index in [9.17, 15) is 5.11 Å². The summed E-state index contributed by atoms with van der Waals surface area (Å²) in [6.45, 7) is 2.20. The monoisotopic (exact) mass is 319 g/mol. The molecule has 1 fully saturated rings. The molecule has 0 amide bonds. The van der Waals surface area contributed by atoms with E-state index in [4.69, 9.17) is 0 Å². The quantitative estimate of drug-likeness (QED) is 0.881. The Morgan fingerprint density at radius 3 is 2.89 bits per heavy atom. The van der Waals surface area contributed by atoms with Crippen molar-refractivity contribution in [2.75, 3.05) is 13.1 Å². The van der Waals surface area contributed by atoms with Crippen molar-refractivity contribution in [1.82, 2.24) is 5.32 Å². The number of fused-ring (bicyclic) bond motifs is 1. The summed E-state index contributed by atoms with van der Waals surface area (Å²) in [5.74, 6) is 1.07. The Morgan fingerprint density at radius 1 is 1.21 bits per heavy atom. The van der Waals surface area contributed by atoms with Crippen LogP contribution in [0.3, 0.4) is 0 Å². The highest BCUT2D eigenvalue weighted by Crippen LogP contribution is 2.30. The zero-order valence-corrected chi connectivity index (χ0v) is 12.4. The Bertz CT molecular complexity index is 591. The first kappa shape index (κ1) is 12.9. The normalized spacial score (nSPS) is 19.7. The maximum absolute atomic E-state index is 10.2. The standard InChI is InChI=1S/C16H18BrNO/c17-15-4-3-12-9-16(19)14(7-13(12)8-15)6-11-2-1-5-18-10-11/h3-4,7-9,11,18-19H,1-2,5-6,10H2. The van der Waals surface area contributed by atoms with Gasteiger partial charge in [-0.25, -0.2) is 0 Å². The minimum absolute atomic E-state index is 0.431. The highest BCUT2D eigenvalue weighted by Gasteiger charge is 2.15. The smallest absolute Gasteiger partial charge is 0.119 e. The Labute approximate surface area is 122 Å². The molecule has 0 aliphatic carbocycles. The second kappa shape index (κ2) is 5.51. The first-order valence-corrected chi connectivity index (χ1v) is 7.63. The summed E-state index contributed by atoms with van der Waals surface area (Å²) in [6.07, 6.45) is 3.45. The molecule has 2 N–H and O–H groups in total. The summed E-state index contributed by atoms with van der Waals surface area (Å²) >= 11 is 3.50.